The number of nitrogens with zero attached hydrogens (tertiary/aromatic N) is 1. The van der Waals surface area contributed by atoms with Gasteiger partial charge in [0.25, 0.3) is 0 Å². The molecule has 1 unspecified atom stereocenters. The summed E-state index contributed by atoms with van der Waals surface area (Å²) >= 11 is 1.61. The van der Waals surface area contributed by atoms with Gasteiger partial charge in [-0.15, -0.1) is 11.8 Å². The number of carbonyl (C=O) groups is 2. The predicted octanol–water partition coefficient (Wildman–Crippen LogP) is 2.08. The van der Waals surface area contributed by atoms with Crippen LogP contribution in [0.1, 0.15) is 26.3 Å². The van der Waals surface area contributed by atoms with E-state index in [1.807, 2.05) is 32.9 Å². The third kappa shape index (κ3) is 4.00. The Hall–Kier alpha value is -1.49. The first kappa shape index (κ1) is 15.9. The maximum Gasteiger partial charge on any atom is 0.239 e. The van der Waals surface area contributed by atoms with Crippen molar-refractivity contribution in [1.29, 1.82) is 0 Å². The molecule has 0 bridgehead atoms. The van der Waals surface area contributed by atoms with Crippen LogP contribution in [0.25, 0.3) is 0 Å². The number of hydrogen-bond donors (Lipinski definition) is 1. The van der Waals surface area contributed by atoms with Crippen molar-refractivity contribution in [3.63, 3.8) is 0 Å². The van der Waals surface area contributed by atoms with E-state index in [4.69, 9.17) is 0 Å². The third-order valence-corrected chi connectivity index (χ3v) is 4.71. The summed E-state index contributed by atoms with van der Waals surface area (Å²) in [6.45, 7) is 6.44. The number of likely N-dealkylation sites (N-methyl/N-ethyl adjacent to an activating group) is 1. The van der Waals surface area contributed by atoms with Crippen molar-refractivity contribution in [1.82, 2.24) is 10.2 Å². The van der Waals surface area contributed by atoms with Gasteiger partial charge in [0, 0.05) is 17.5 Å². The molecular weight excluding hydrogens is 284 g/mol. The molecule has 1 aliphatic heterocycles. The van der Waals surface area contributed by atoms with Crippen LogP contribution >= 0.6 is 11.8 Å². The van der Waals surface area contributed by atoms with E-state index < -0.39 is 0 Å². The number of benzene rings is 1. The van der Waals surface area contributed by atoms with Gasteiger partial charge < -0.3 is 10.2 Å². The molecule has 5 heteroatoms. The van der Waals surface area contributed by atoms with E-state index in [0.717, 1.165) is 6.42 Å². The molecule has 114 valence electrons. The van der Waals surface area contributed by atoms with E-state index in [9.17, 15) is 9.59 Å². The monoisotopic (exact) mass is 306 g/mol. The molecule has 4 nitrogen and oxygen atoms in total. The summed E-state index contributed by atoms with van der Waals surface area (Å²) in [7, 11) is 0. The number of amides is 2. The summed E-state index contributed by atoms with van der Waals surface area (Å²) in [6, 6.07) is 8.20. The minimum absolute atomic E-state index is 0.0533. The van der Waals surface area contributed by atoms with E-state index in [1.54, 1.807) is 16.7 Å². The van der Waals surface area contributed by atoms with E-state index in [0.29, 0.717) is 6.54 Å². The Labute approximate surface area is 130 Å². The summed E-state index contributed by atoms with van der Waals surface area (Å²) in [6.07, 6.45) is 0.752. The molecule has 1 atom stereocenters. The highest BCUT2D eigenvalue weighted by Crippen LogP contribution is 2.37. The topological polar surface area (TPSA) is 49.4 Å². The smallest absolute Gasteiger partial charge is 0.239 e. The lowest BCUT2D eigenvalue weighted by Crippen LogP contribution is -2.45. The van der Waals surface area contributed by atoms with Gasteiger partial charge in [-0.2, -0.15) is 0 Å². The van der Waals surface area contributed by atoms with Crippen LogP contribution in [0.3, 0.4) is 0 Å². The molecule has 0 saturated carbocycles. The Morgan fingerprint density at radius 1 is 1.38 bits per heavy atom. The number of fused-ring (bicyclic) bond motifs is 1. The van der Waals surface area contributed by atoms with Crippen LogP contribution in [-0.2, 0) is 16.0 Å². The van der Waals surface area contributed by atoms with Gasteiger partial charge in [-0.05, 0) is 38.8 Å². The van der Waals surface area contributed by atoms with Crippen LogP contribution in [0, 0.1) is 0 Å². The van der Waals surface area contributed by atoms with Gasteiger partial charge in [-0.3, -0.25) is 9.59 Å². The number of carbonyl (C=O) groups excluding carboxylic acids is 2. The quantitative estimate of drug-likeness (QED) is 0.906. The van der Waals surface area contributed by atoms with Crippen LogP contribution in [-0.4, -0.2) is 41.1 Å². The van der Waals surface area contributed by atoms with Crippen LogP contribution in [0.4, 0.5) is 0 Å². The van der Waals surface area contributed by atoms with Crippen molar-refractivity contribution in [3.8, 4) is 0 Å². The van der Waals surface area contributed by atoms with Gasteiger partial charge >= 0.3 is 0 Å². The average molecular weight is 306 g/mol. The first-order chi connectivity index (χ1) is 10.0. The molecule has 0 aliphatic carbocycles. The lowest BCUT2D eigenvalue weighted by molar-refractivity contribution is -0.135. The Kier molecular flexibility index (Phi) is 5.28. The van der Waals surface area contributed by atoms with Gasteiger partial charge in [0.2, 0.25) is 11.8 Å². The van der Waals surface area contributed by atoms with Gasteiger partial charge in [0.05, 0.1) is 11.8 Å². The zero-order valence-electron chi connectivity index (χ0n) is 12.8. The fourth-order valence-corrected chi connectivity index (χ4v) is 3.69. The second-order valence-corrected chi connectivity index (χ2v) is 6.74. The molecule has 2 rings (SSSR count). The van der Waals surface area contributed by atoms with E-state index >= 15 is 0 Å². The first-order valence-corrected chi connectivity index (χ1v) is 8.22. The van der Waals surface area contributed by atoms with Crippen molar-refractivity contribution in [2.24, 2.45) is 0 Å². The number of thioether (sulfide) groups is 1. The van der Waals surface area contributed by atoms with Gasteiger partial charge in [0.15, 0.2) is 0 Å². The highest BCUT2D eigenvalue weighted by atomic mass is 32.2. The molecular formula is C16H22N2O2S. The maximum atomic E-state index is 12.6. The molecule has 21 heavy (non-hydrogen) atoms. The Bertz CT molecular complexity index is 506. The van der Waals surface area contributed by atoms with Crippen LogP contribution < -0.4 is 5.32 Å². The molecule has 0 spiro atoms. The minimum atomic E-state index is -0.103. The lowest BCUT2D eigenvalue weighted by Gasteiger charge is -2.23. The Morgan fingerprint density at radius 3 is 2.71 bits per heavy atom. The average Bonchev–Trinajstić information content (AvgIpc) is 2.87. The minimum Gasteiger partial charge on any atom is -0.352 e. The van der Waals surface area contributed by atoms with Crippen molar-refractivity contribution >= 4 is 23.6 Å². The van der Waals surface area contributed by atoms with E-state index in [2.05, 4.69) is 17.4 Å². The Balaban J connectivity index is 1.97. The van der Waals surface area contributed by atoms with Gasteiger partial charge in [-0.25, -0.2) is 0 Å². The Morgan fingerprint density at radius 2 is 2.10 bits per heavy atom. The molecule has 2 amide bonds. The molecule has 0 radical (unpaired) electrons. The standard InChI is InChI=1S/C16H22N2O2S/c1-4-18(10-15(19)17-11(2)3)16(20)14-9-12-7-5-6-8-13(12)21-14/h5-8,11,14H,4,9-10H2,1-3H3,(H,17,19). The summed E-state index contributed by atoms with van der Waals surface area (Å²) in [4.78, 5) is 27.3. The lowest BCUT2D eigenvalue weighted by atomic mass is 10.1. The third-order valence-electron chi connectivity index (χ3n) is 3.40. The molecule has 0 saturated heterocycles. The molecule has 1 aliphatic rings. The molecule has 1 aromatic rings. The second-order valence-electron chi connectivity index (χ2n) is 5.49. The predicted molar refractivity (Wildman–Crippen MR) is 85.3 cm³/mol. The fraction of sp³-hybridized carbons (Fsp3) is 0.500. The van der Waals surface area contributed by atoms with E-state index in [1.165, 1.54) is 10.5 Å². The zero-order valence-corrected chi connectivity index (χ0v) is 13.6. The summed E-state index contributed by atoms with van der Waals surface area (Å²) < 4.78 is 0. The molecule has 1 heterocycles. The van der Waals surface area contributed by atoms with Crippen molar-refractivity contribution in [2.45, 2.75) is 43.4 Å². The van der Waals surface area contributed by atoms with Crippen LogP contribution in [0.15, 0.2) is 29.2 Å². The van der Waals surface area contributed by atoms with Crippen LogP contribution in [0.5, 0.6) is 0 Å². The van der Waals surface area contributed by atoms with Gasteiger partial charge in [-0.1, -0.05) is 18.2 Å². The first-order valence-electron chi connectivity index (χ1n) is 7.34. The van der Waals surface area contributed by atoms with Crippen molar-refractivity contribution in [2.75, 3.05) is 13.1 Å². The number of nitrogens with one attached hydrogen (secondary N) is 1. The summed E-state index contributed by atoms with van der Waals surface area (Å²) in [5.74, 6) is -0.0432. The molecule has 1 N–H and O–H groups in total. The second kappa shape index (κ2) is 6.98. The van der Waals surface area contributed by atoms with Crippen molar-refractivity contribution < 1.29 is 9.59 Å². The largest absolute Gasteiger partial charge is 0.352 e. The SMILES string of the molecule is CCN(CC(=O)NC(C)C)C(=O)C1Cc2ccccc2S1. The number of hydrogen-bond acceptors (Lipinski definition) is 3. The molecule has 1 aromatic carbocycles. The molecule has 0 fully saturated rings. The maximum absolute atomic E-state index is 12.6. The number of rotatable bonds is 5. The highest BCUT2D eigenvalue weighted by molar-refractivity contribution is 8.01. The summed E-state index contributed by atoms with van der Waals surface area (Å²) in [5.41, 5.74) is 1.23. The molecule has 0 aromatic heterocycles. The summed E-state index contributed by atoms with van der Waals surface area (Å²) in [5, 5.41) is 2.73. The fourth-order valence-electron chi connectivity index (χ4n) is 2.41. The zero-order chi connectivity index (χ0) is 15.4. The highest BCUT2D eigenvalue weighted by Gasteiger charge is 2.31. The van der Waals surface area contributed by atoms with Crippen molar-refractivity contribution in [3.05, 3.63) is 29.8 Å². The normalized spacial score (nSPS) is 16.7. The van der Waals surface area contributed by atoms with Crippen LogP contribution in [0.2, 0.25) is 0 Å². The van der Waals surface area contributed by atoms with Gasteiger partial charge in [0.1, 0.15) is 0 Å². The van der Waals surface area contributed by atoms with E-state index in [-0.39, 0.29) is 29.7 Å².